The summed E-state index contributed by atoms with van der Waals surface area (Å²) in [4.78, 5) is 25.8. The molecule has 92 valence electrons. The molecule has 0 saturated carbocycles. The Balaban J connectivity index is 3.03. The van der Waals surface area contributed by atoms with Gasteiger partial charge in [-0.05, 0) is 33.6 Å². The molecule has 1 saturated heterocycles. The van der Waals surface area contributed by atoms with E-state index in [0.29, 0.717) is 0 Å². The lowest BCUT2D eigenvalue weighted by Crippen LogP contribution is -2.69. The summed E-state index contributed by atoms with van der Waals surface area (Å²) < 4.78 is 0. The lowest BCUT2D eigenvalue weighted by atomic mass is 9.94. The van der Waals surface area contributed by atoms with Crippen molar-refractivity contribution in [1.82, 2.24) is 10.2 Å². The van der Waals surface area contributed by atoms with Gasteiger partial charge in [0.05, 0.1) is 0 Å². The molecule has 0 aromatic heterocycles. The quantitative estimate of drug-likeness (QED) is 0.788. The summed E-state index contributed by atoms with van der Waals surface area (Å²) in [7, 11) is 0. The van der Waals surface area contributed by atoms with Crippen LogP contribution in [0.15, 0.2) is 0 Å². The lowest BCUT2D eigenvalue weighted by molar-refractivity contribution is -0.155. The fourth-order valence-electron chi connectivity index (χ4n) is 2.25. The van der Waals surface area contributed by atoms with E-state index in [1.54, 1.807) is 25.7 Å². The van der Waals surface area contributed by atoms with Crippen molar-refractivity contribution in [3.8, 4) is 0 Å². The third kappa shape index (κ3) is 2.06. The van der Waals surface area contributed by atoms with E-state index >= 15 is 0 Å². The van der Waals surface area contributed by atoms with Gasteiger partial charge in [0.15, 0.2) is 0 Å². The minimum Gasteiger partial charge on any atom is -0.340 e. The molecule has 1 atom stereocenters. The molecule has 0 aromatic carbocycles. The highest BCUT2D eigenvalue weighted by Crippen LogP contribution is 2.23. The van der Waals surface area contributed by atoms with Crippen LogP contribution >= 0.6 is 0 Å². The Labute approximate surface area is 97.4 Å². The van der Waals surface area contributed by atoms with Crippen molar-refractivity contribution in [2.24, 2.45) is 0 Å². The summed E-state index contributed by atoms with van der Waals surface area (Å²) in [6.45, 7) is 9.41. The Morgan fingerprint density at radius 1 is 1.31 bits per heavy atom. The van der Waals surface area contributed by atoms with E-state index in [1.807, 2.05) is 13.8 Å². The predicted molar refractivity (Wildman–Crippen MR) is 62.9 cm³/mol. The SMILES string of the molecule is CCC(CC)N1C(=O)C(C)(C)NC(=O)C1C. The Morgan fingerprint density at radius 3 is 2.25 bits per heavy atom. The molecule has 1 N–H and O–H groups in total. The minimum absolute atomic E-state index is 0.0216. The lowest BCUT2D eigenvalue weighted by Gasteiger charge is -2.45. The Kier molecular flexibility index (Phi) is 3.61. The average Bonchev–Trinajstić information content (AvgIpc) is 2.21. The first-order valence-corrected chi connectivity index (χ1v) is 5.99. The van der Waals surface area contributed by atoms with Gasteiger partial charge in [-0.25, -0.2) is 0 Å². The highest BCUT2D eigenvalue weighted by Gasteiger charge is 2.45. The van der Waals surface area contributed by atoms with Crippen molar-refractivity contribution in [3.63, 3.8) is 0 Å². The number of carbonyl (C=O) groups excluding carboxylic acids is 2. The number of hydrogen-bond donors (Lipinski definition) is 1. The van der Waals surface area contributed by atoms with E-state index < -0.39 is 5.54 Å². The van der Waals surface area contributed by atoms with Gasteiger partial charge in [0.2, 0.25) is 11.8 Å². The second-order valence-electron chi connectivity index (χ2n) is 4.97. The topological polar surface area (TPSA) is 49.4 Å². The maximum Gasteiger partial charge on any atom is 0.248 e. The molecule has 4 heteroatoms. The summed E-state index contributed by atoms with van der Waals surface area (Å²) >= 11 is 0. The van der Waals surface area contributed by atoms with Gasteiger partial charge in [0, 0.05) is 6.04 Å². The van der Waals surface area contributed by atoms with Crippen LogP contribution in [-0.4, -0.2) is 34.3 Å². The molecule has 0 aliphatic carbocycles. The molecular weight excluding hydrogens is 204 g/mol. The van der Waals surface area contributed by atoms with Crippen molar-refractivity contribution in [1.29, 1.82) is 0 Å². The molecule has 0 spiro atoms. The first-order chi connectivity index (χ1) is 7.35. The Morgan fingerprint density at radius 2 is 1.81 bits per heavy atom. The average molecular weight is 226 g/mol. The number of amides is 2. The Bertz CT molecular complexity index is 295. The van der Waals surface area contributed by atoms with Crippen molar-refractivity contribution >= 4 is 11.8 Å². The van der Waals surface area contributed by atoms with Gasteiger partial charge in [-0.1, -0.05) is 13.8 Å². The first kappa shape index (κ1) is 13.0. The van der Waals surface area contributed by atoms with E-state index in [2.05, 4.69) is 5.32 Å². The van der Waals surface area contributed by atoms with Crippen molar-refractivity contribution < 1.29 is 9.59 Å². The second kappa shape index (κ2) is 4.44. The van der Waals surface area contributed by atoms with Gasteiger partial charge >= 0.3 is 0 Å². The molecule has 1 aliphatic rings. The number of carbonyl (C=O) groups is 2. The molecule has 1 rings (SSSR count). The summed E-state index contributed by atoms with van der Waals surface area (Å²) in [5.41, 5.74) is -0.772. The first-order valence-electron chi connectivity index (χ1n) is 5.99. The molecule has 16 heavy (non-hydrogen) atoms. The van der Waals surface area contributed by atoms with Crippen LogP contribution in [0, 0.1) is 0 Å². The fraction of sp³-hybridized carbons (Fsp3) is 0.833. The Hall–Kier alpha value is -1.06. The summed E-state index contributed by atoms with van der Waals surface area (Å²) in [5, 5.41) is 2.76. The van der Waals surface area contributed by atoms with Crippen LogP contribution in [0.3, 0.4) is 0 Å². The van der Waals surface area contributed by atoms with E-state index in [4.69, 9.17) is 0 Å². The van der Waals surface area contributed by atoms with Gasteiger partial charge in [-0.3, -0.25) is 9.59 Å². The summed E-state index contributed by atoms with van der Waals surface area (Å²) in [5.74, 6) is -0.0372. The van der Waals surface area contributed by atoms with Crippen LogP contribution in [-0.2, 0) is 9.59 Å². The molecule has 2 amide bonds. The van der Waals surface area contributed by atoms with Crippen LogP contribution in [0.4, 0.5) is 0 Å². The maximum absolute atomic E-state index is 12.3. The van der Waals surface area contributed by atoms with Gasteiger partial charge in [-0.15, -0.1) is 0 Å². The monoisotopic (exact) mass is 226 g/mol. The van der Waals surface area contributed by atoms with E-state index in [1.165, 1.54) is 0 Å². The predicted octanol–water partition coefficient (Wildman–Crippen LogP) is 1.30. The fourth-order valence-corrected chi connectivity index (χ4v) is 2.25. The normalized spacial score (nSPS) is 24.9. The third-order valence-electron chi connectivity index (χ3n) is 3.34. The molecule has 0 bridgehead atoms. The van der Waals surface area contributed by atoms with Crippen molar-refractivity contribution in [2.45, 2.75) is 65.1 Å². The zero-order chi connectivity index (χ0) is 12.5. The van der Waals surface area contributed by atoms with E-state index in [9.17, 15) is 9.59 Å². The molecule has 1 fully saturated rings. The number of rotatable bonds is 3. The summed E-state index contributed by atoms with van der Waals surface area (Å²) in [6, 6.07) is -0.196. The molecule has 0 aromatic rings. The van der Waals surface area contributed by atoms with Gasteiger partial charge < -0.3 is 10.2 Å². The zero-order valence-electron chi connectivity index (χ0n) is 10.8. The number of hydrogen-bond acceptors (Lipinski definition) is 2. The third-order valence-corrected chi connectivity index (χ3v) is 3.34. The summed E-state index contributed by atoms with van der Waals surface area (Å²) in [6.07, 6.45) is 1.77. The maximum atomic E-state index is 12.3. The van der Waals surface area contributed by atoms with E-state index in [-0.39, 0.29) is 23.9 Å². The van der Waals surface area contributed by atoms with Crippen LogP contribution < -0.4 is 5.32 Å². The van der Waals surface area contributed by atoms with Crippen LogP contribution in [0.5, 0.6) is 0 Å². The molecule has 1 unspecified atom stereocenters. The van der Waals surface area contributed by atoms with Crippen LogP contribution in [0.25, 0.3) is 0 Å². The number of piperazine rings is 1. The smallest absolute Gasteiger partial charge is 0.248 e. The second-order valence-corrected chi connectivity index (χ2v) is 4.97. The minimum atomic E-state index is -0.772. The zero-order valence-corrected chi connectivity index (χ0v) is 10.8. The molecule has 1 heterocycles. The van der Waals surface area contributed by atoms with Gasteiger partial charge in [0.1, 0.15) is 11.6 Å². The number of nitrogens with zero attached hydrogens (tertiary/aromatic N) is 1. The number of nitrogens with one attached hydrogen (secondary N) is 1. The molecular formula is C12H22N2O2. The van der Waals surface area contributed by atoms with Crippen molar-refractivity contribution in [2.75, 3.05) is 0 Å². The van der Waals surface area contributed by atoms with Crippen molar-refractivity contribution in [3.05, 3.63) is 0 Å². The largest absolute Gasteiger partial charge is 0.340 e. The van der Waals surface area contributed by atoms with Gasteiger partial charge in [-0.2, -0.15) is 0 Å². The van der Waals surface area contributed by atoms with Crippen LogP contribution in [0.1, 0.15) is 47.5 Å². The molecule has 0 radical (unpaired) electrons. The van der Waals surface area contributed by atoms with Crippen LogP contribution in [0.2, 0.25) is 0 Å². The highest BCUT2D eigenvalue weighted by atomic mass is 16.2. The standard InChI is InChI=1S/C12H22N2O2/c1-6-9(7-2)14-8(3)10(15)13-12(4,5)11(14)16/h8-9H,6-7H2,1-5H3,(H,13,15). The van der Waals surface area contributed by atoms with Gasteiger partial charge in [0.25, 0.3) is 0 Å². The van der Waals surface area contributed by atoms with E-state index in [0.717, 1.165) is 12.8 Å². The highest BCUT2D eigenvalue weighted by molar-refractivity contribution is 5.99. The molecule has 4 nitrogen and oxygen atoms in total. The molecule has 1 aliphatic heterocycles.